The van der Waals surface area contributed by atoms with Crippen LogP contribution in [0.2, 0.25) is 0 Å². The molecule has 1 saturated heterocycles. The summed E-state index contributed by atoms with van der Waals surface area (Å²) >= 11 is 0. The van der Waals surface area contributed by atoms with Crippen LogP contribution in [0, 0.1) is 0 Å². The molecular weight excluding hydrogens is 384 g/mol. The molecule has 1 aliphatic heterocycles. The average molecular weight is 417 g/mol. The molecule has 0 bridgehead atoms. The minimum atomic E-state index is -0.114. The van der Waals surface area contributed by atoms with Crippen LogP contribution < -0.4 is 14.8 Å². The van der Waals surface area contributed by atoms with Crippen molar-refractivity contribution >= 4 is 11.8 Å². The van der Waals surface area contributed by atoms with Gasteiger partial charge in [0, 0.05) is 44.2 Å². The maximum atomic E-state index is 12.4. The lowest BCUT2D eigenvalue weighted by Crippen LogP contribution is -2.48. The van der Waals surface area contributed by atoms with E-state index in [9.17, 15) is 4.79 Å². The highest BCUT2D eigenvalue weighted by atomic mass is 16.5. The first-order chi connectivity index (χ1) is 14.3. The second-order valence-electron chi connectivity index (χ2n) is 8.62. The predicted molar refractivity (Wildman–Crippen MR) is 115 cm³/mol. The molecule has 164 valence electrons. The number of carbonyl (C=O) groups is 1. The number of hydrogen-bond acceptors (Lipinski definition) is 7. The maximum absolute atomic E-state index is 12.4. The third kappa shape index (κ3) is 5.73. The van der Waals surface area contributed by atoms with Crippen LogP contribution >= 0.6 is 0 Å². The Morgan fingerprint density at radius 2 is 1.73 bits per heavy atom. The molecule has 0 atom stereocenters. The largest absolute Gasteiger partial charge is 0.493 e. The van der Waals surface area contributed by atoms with E-state index in [0.29, 0.717) is 12.4 Å². The summed E-state index contributed by atoms with van der Waals surface area (Å²) in [6, 6.07) is 7.80. The third-order valence-corrected chi connectivity index (χ3v) is 5.23. The summed E-state index contributed by atoms with van der Waals surface area (Å²) in [5.74, 6) is 1.79. The number of nitrogens with zero attached hydrogens (tertiary/aromatic N) is 3. The molecule has 1 aromatic heterocycles. The second kappa shape index (κ2) is 9.49. The van der Waals surface area contributed by atoms with Gasteiger partial charge in [-0.3, -0.25) is 19.9 Å². The number of methoxy groups -OCH3 is 2. The Hall–Kier alpha value is -2.58. The summed E-state index contributed by atoms with van der Waals surface area (Å²) in [5, 5.41) is 6.84. The van der Waals surface area contributed by atoms with E-state index in [0.717, 1.165) is 49.9 Å². The summed E-state index contributed by atoms with van der Waals surface area (Å²) in [5.41, 5.74) is 1.89. The molecule has 8 heteroatoms. The Morgan fingerprint density at radius 3 is 2.33 bits per heavy atom. The van der Waals surface area contributed by atoms with Crippen LogP contribution in [-0.4, -0.2) is 67.8 Å². The van der Waals surface area contributed by atoms with Crippen molar-refractivity contribution in [3.63, 3.8) is 0 Å². The van der Waals surface area contributed by atoms with E-state index in [1.54, 1.807) is 20.3 Å². The molecule has 1 N–H and O–H groups in total. The van der Waals surface area contributed by atoms with E-state index >= 15 is 0 Å². The van der Waals surface area contributed by atoms with Crippen molar-refractivity contribution < 1.29 is 18.8 Å². The highest BCUT2D eigenvalue weighted by Gasteiger charge is 2.22. The van der Waals surface area contributed by atoms with E-state index in [1.807, 2.05) is 12.1 Å². The molecule has 8 nitrogen and oxygen atoms in total. The van der Waals surface area contributed by atoms with Gasteiger partial charge in [-0.05, 0) is 17.7 Å². The number of ether oxygens (including phenoxy) is 2. The van der Waals surface area contributed by atoms with Crippen LogP contribution in [0.4, 0.5) is 5.88 Å². The first-order valence-corrected chi connectivity index (χ1v) is 10.2. The van der Waals surface area contributed by atoms with Gasteiger partial charge >= 0.3 is 0 Å². The molecule has 0 saturated carbocycles. The van der Waals surface area contributed by atoms with Gasteiger partial charge in [-0.1, -0.05) is 32.0 Å². The van der Waals surface area contributed by atoms with Crippen molar-refractivity contribution in [1.82, 2.24) is 15.0 Å². The van der Waals surface area contributed by atoms with E-state index in [4.69, 9.17) is 14.0 Å². The Morgan fingerprint density at radius 1 is 1.07 bits per heavy atom. The van der Waals surface area contributed by atoms with E-state index in [-0.39, 0.29) is 11.3 Å². The zero-order valence-electron chi connectivity index (χ0n) is 18.5. The summed E-state index contributed by atoms with van der Waals surface area (Å²) in [6.07, 6.45) is 0. The fourth-order valence-corrected chi connectivity index (χ4v) is 3.41. The number of aromatic nitrogens is 1. The van der Waals surface area contributed by atoms with Gasteiger partial charge in [-0.15, -0.1) is 0 Å². The lowest BCUT2D eigenvalue weighted by Gasteiger charge is -2.34. The molecule has 30 heavy (non-hydrogen) atoms. The quantitative estimate of drug-likeness (QED) is 0.743. The molecule has 2 aromatic rings. The highest BCUT2D eigenvalue weighted by molar-refractivity contribution is 5.91. The molecule has 0 spiro atoms. The van der Waals surface area contributed by atoms with Gasteiger partial charge in [0.2, 0.25) is 11.8 Å². The number of nitrogens with one attached hydrogen (secondary N) is 1. The van der Waals surface area contributed by atoms with Gasteiger partial charge in [0.15, 0.2) is 11.5 Å². The SMILES string of the molecule is COc1ccc(CN2CCN(CC(=O)Nc3cc(C(C)(C)C)no3)CC2)cc1OC. The van der Waals surface area contributed by atoms with Gasteiger partial charge < -0.3 is 14.0 Å². The smallest absolute Gasteiger partial charge is 0.240 e. The van der Waals surface area contributed by atoms with Crippen LogP contribution in [0.1, 0.15) is 32.0 Å². The van der Waals surface area contributed by atoms with Crippen molar-refractivity contribution in [1.29, 1.82) is 0 Å². The molecule has 1 aromatic carbocycles. The monoisotopic (exact) mass is 416 g/mol. The number of hydrogen-bond donors (Lipinski definition) is 1. The number of amides is 1. The summed E-state index contributed by atoms with van der Waals surface area (Å²) in [4.78, 5) is 16.9. The van der Waals surface area contributed by atoms with Crippen molar-refractivity contribution in [2.45, 2.75) is 32.7 Å². The van der Waals surface area contributed by atoms with Crippen molar-refractivity contribution in [3.8, 4) is 11.5 Å². The minimum absolute atomic E-state index is 0.0834. The molecule has 0 aliphatic carbocycles. The normalized spacial score (nSPS) is 15.8. The summed E-state index contributed by atoms with van der Waals surface area (Å²) in [6.45, 7) is 10.8. The first-order valence-electron chi connectivity index (χ1n) is 10.2. The topological polar surface area (TPSA) is 80.1 Å². The lowest BCUT2D eigenvalue weighted by atomic mass is 9.92. The zero-order chi connectivity index (χ0) is 21.7. The van der Waals surface area contributed by atoms with Gasteiger partial charge in [0.1, 0.15) is 0 Å². The van der Waals surface area contributed by atoms with Crippen LogP contribution in [-0.2, 0) is 16.8 Å². The number of anilines is 1. The Labute approximate surface area is 178 Å². The van der Waals surface area contributed by atoms with Crippen LogP contribution in [0.15, 0.2) is 28.8 Å². The molecule has 1 aliphatic rings. The van der Waals surface area contributed by atoms with Crippen LogP contribution in [0.5, 0.6) is 11.5 Å². The number of benzene rings is 1. The van der Waals surface area contributed by atoms with Gasteiger partial charge in [-0.2, -0.15) is 0 Å². The molecule has 0 unspecified atom stereocenters. The maximum Gasteiger partial charge on any atom is 0.240 e. The molecule has 1 amide bonds. The Bertz CT molecular complexity index is 851. The molecule has 3 rings (SSSR count). The predicted octanol–water partition coefficient (Wildman–Crippen LogP) is 2.75. The van der Waals surface area contributed by atoms with Crippen LogP contribution in [0.25, 0.3) is 0 Å². The third-order valence-electron chi connectivity index (χ3n) is 5.23. The van der Waals surface area contributed by atoms with Crippen LogP contribution in [0.3, 0.4) is 0 Å². The van der Waals surface area contributed by atoms with E-state index < -0.39 is 0 Å². The number of piperazine rings is 1. The second-order valence-corrected chi connectivity index (χ2v) is 8.62. The van der Waals surface area contributed by atoms with E-state index in [1.165, 1.54) is 5.56 Å². The number of carbonyl (C=O) groups excluding carboxylic acids is 1. The van der Waals surface area contributed by atoms with Crippen molar-refractivity contribution in [3.05, 3.63) is 35.5 Å². The zero-order valence-corrected chi connectivity index (χ0v) is 18.5. The standard InChI is InChI=1S/C22H32N4O4/c1-22(2,3)19-13-21(30-24-19)23-20(27)15-26-10-8-25(9-11-26)14-16-6-7-17(28-4)18(12-16)29-5/h6-7,12-13H,8-11,14-15H2,1-5H3,(H,23,27). The Kier molecular flexibility index (Phi) is 6.99. The average Bonchev–Trinajstić information content (AvgIpc) is 3.18. The van der Waals surface area contributed by atoms with Gasteiger partial charge in [0.25, 0.3) is 0 Å². The fourth-order valence-electron chi connectivity index (χ4n) is 3.41. The number of rotatable bonds is 7. The molecule has 2 heterocycles. The molecule has 1 fully saturated rings. The van der Waals surface area contributed by atoms with Gasteiger partial charge in [0.05, 0.1) is 26.5 Å². The summed E-state index contributed by atoms with van der Waals surface area (Å²) < 4.78 is 15.9. The molecule has 0 radical (unpaired) electrons. The van der Waals surface area contributed by atoms with Crippen molar-refractivity contribution in [2.24, 2.45) is 0 Å². The van der Waals surface area contributed by atoms with Crippen molar-refractivity contribution in [2.75, 3.05) is 52.3 Å². The Balaban J connectivity index is 1.45. The van der Waals surface area contributed by atoms with Gasteiger partial charge in [-0.25, -0.2) is 0 Å². The summed E-state index contributed by atoms with van der Waals surface area (Å²) in [7, 11) is 3.28. The fraction of sp³-hybridized carbons (Fsp3) is 0.545. The first kappa shape index (κ1) is 22.1. The van der Waals surface area contributed by atoms with E-state index in [2.05, 4.69) is 47.1 Å². The molecular formula is C22H32N4O4. The minimum Gasteiger partial charge on any atom is -0.493 e. The highest BCUT2D eigenvalue weighted by Crippen LogP contribution is 2.28. The lowest BCUT2D eigenvalue weighted by molar-refractivity contribution is -0.117.